The van der Waals surface area contributed by atoms with Crippen LogP contribution in [0, 0.1) is 5.92 Å². The molecular weight excluding hydrogens is 679 g/mol. The Morgan fingerprint density at radius 1 is 1.12 bits per heavy atom. The number of aliphatic hydroxyl groups excluding tert-OH is 1. The van der Waals surface area contributed by atoms with Gasteiger partial charge >= 0.3 is 0 Å². The topological polar surface area (TPSA) is 150 Å². The highest BCUT2D eigenvalue weighted by molar-refractivity contribution is 8.14. The van der Waals surface area contributed by atoms with E-state index in [1.807, 2.05) is 44.2 Å². The summed E-state index contributed by atoms with van der Waals surface area (Å²) in [6.07, 6.45) is 10.4. The van der Waals surface area contributed by atoms with Crippen molar-refractivity contribution in [2.75, 3.05) is 11.5 Å². The van der Waals surface area contributed by atoms with Crippen LogP contribution in [0.4, 0.5) is 0 Å². The molecule has 0 fully saturated rings. The molecule has 10 nitrogen and oxygen atoms in total. The SMILES string of the molecule is CCCCCCCC(=O)SCC/C=C/C1CC(=O)NCc2nc(c(-c3ccc(CO)cc3)s2)C2=N[C@@](C)(CS2)C(=O)NC(C(C)C)C(=O)N1. The van der Waals surface area contributed by atoms with E-state index in [1.165, 1.54) is 54.1 Å². The lowest BCUT2D eigenvalue weighted by Crippen LogP contribution is -2.56. The summed E-state index contributed by atoms with van der Waals surface area (Å²) < 4.78 is 0. The fraction of sp³-hybridized carbons (Fsp3) is 0.556. The molecule has 0 radical (unpaired) electrons. The van der Waals surface area contributed by atoms with Crippen molar-refractivity contribution in [3.8, 4) is 10.4 Å². The number of unbranched alkanes of at least 4 members (excludes halogenated alkanes) is 4. The van der Waals surface area contributed by atoms with Crippen LogP contribution in [0.25, 0.3) is 10.4 Å². The number of rotatable bonds is 13. The predicted molar refractivity (Wildman–Crippen MR) is 201 cm³/mol. The number of thiazole rings is 1. The first-order valence-electron chi connectivity index (χ1n) is 17.2. The largest absolute Gasteiger partial charge is 0.392 e. The van der Waals surface area contributed by atoms with Gasteiger partial charge in [0.1, 0.15) is 27.3 Å². The van der Waals surface area contributed by atoms with E-state index in [2.05, 4.69) is 22.9 Å². The summed E-state index contributed by atoms with van der Waals surface area (Å²) in [7, 11) is 0. The molecule has 3 atom stereocenters. The quantitative estimate of drug-likeness (QED) is 0.150. The summed E-state index contributed by atoms with van der Waals surface area (Å²) in [6, 6.07) is 6.10. The lowest BCUT2D eigenvalue weighted by molar-refractivity contribution is -0.132. The number of aliphatic imine (C=N–C) groups is 1. The molecule has 49 heavy (non-hydrogen) atoms. The van der Waals surface area contributed by atoms with Crippen molar-refractivity contribution in [3.05, 3.63) is 52.7 Å². The molecule has 2 aliphatic heterocycles. The molecular formula is C36H49N5O5S3. The number of amides is 3. The fourth-order valence-corrected chi connectivity index (χ4v) is 8.45. The van der Waals surface area contributed by atoms with Crippen LogP contribution >= 0.6 is 34.9 Å². The van der Waals surface area contributed by atoms with Crippen molar-refractivity contribution in [1.29, 1.82) is 0 Å². The number of benzene rings is 1. The molecule has 0 saturated carbocycles. The second-order valence-electron chi connectivity index (χ2n) is 13.0. The molecule has 3 heterocycles. The summed E-state index contributed by atoms with van der Waals surface area (Å²) in [5.41, 5.74) is 1.22. The number of aliphatic hydroxyl groups is 1. The van der Waals surface area contributed by atoms with Gasteiger partial charge in [0.2, 0.25) is 17.7 Å². The van der Waals surface area contributed by atoms with Gasteiger partial charge in [0.25, 0.3) is 0 Å². The number of fused-ring (bicyclic) bond motifs is 4. The Balaban J connectivity index is 1.53. The maximum atomic E-state index is 13.7. The van der Waals surface area contributed by atoms with Crippen molar-refractivity contribution in [3.63, 3.8) is 0 Å². The molecule has 0 aliphatic carbocycles. The van der Waals surface area contributed by atoms with Crippen LogP contribution in [0.3, 0.4) is 0 Å². The third kappa shape index (κ3) is 11.2. The first-order valence-corrected chi connectivity index (χ1v) is 19.9. The Bertz CT molecular complexity index is 1520. The minimum Gasteiger partial charge on any atom is -0.392 e. The molecule has 2 unspecified atom stereocenters. The number of thioether (sulfide) groups is 2. The van der Waals surface area contributed by atoms with Gasteiger partial charge in [-0.15, -0.1) is 23.1 Å². The van der Waals surface area contributed by atoms with Gasteiger partial charge < -0.3 is 21.1 Å². The molecule has 2 aliphatic rings. The van der Waals surface area contributed by atoms with Crippen molar-refractivity contribution < 1.29 is 24.3 Å². The average Bonchev–Trinajstić information content (AvgIpc) is 3.69. The molecule has 1 aromatic carbocycles. The van der Waals surface area contributed by atoms with Crippen molar-refractivity contribution in [1.82, 2.24) is 20.9 Å². The zero-order chi connectivity index (χ0) is 35.4. The van der Waals surface area contributed by atoms with E-state index in [0.29, 0.717) is 40.1 Å². The predicted octanol–water partition coefficient (Wildman–Crippen LogP) is 5.77. The molecule has 4 N–H and O–H groups in total. The Labute approximate surface area is 302 Å². The smallest absolute Gasteiger partial charge is 0.249 e. The molecule has 13 heteroatoms. The standard InChI is InChI=1S/C36H49N5O5S3/c1-5-6-7-8-9-13-29(44)47-18-11-10-12-26-19-27(43)37-20-28-39-31(32(49-28)25-16-14-24(21-42)15-17-25)34-41-36(4,22-48-34)35(46)40-30(23(2)3)33(45)38-26/h10,12,14-17,23,26,30,42H,5-9,11,13,18-22H2,1-4H3,(H,37,43)(H,38,45)(H,40,46)/b12-10+/t26?,30?,36-/m0/s1. The summed E-state index contributed by atoms with van der Waals surface area (Å²) >= 11 is 4.21. The Kier molecular flexibility index (Phi) is 14.9. The van der Waals surface area contributed by atoms with Crippen LogP contribution in [0.5, 0.6) is 0 Å². The molecule has 0 saturated heterocycles. The van der Waals surface area contributed by atoms with Crippen LogP contribution in [0.2, 0.25) is 0 Å². The van der Waals surface area contributed by atoms with E-state index in [0.717, 1.165) is 28.8 Å². The number of nitrogens with one attached hydrogen (secondary N) is 3. The highest BCUT2D eigenvalue weighted by Crippen LogP contribution is 2.38. The molecule has 3 amide bonds. The van der Waals surface area contributed by atoms with Crippen molar-refractivity contribution in [2.45, 2.75) is 110 Å². The second kappa shape index (κ2) is 18.8. The average molecular weight is 728 g/mol. The van der Waals surface area contributed by atoms with Crippen LogP contribution < -0.4 is 16.0 Å². The van der Waals surface area contributed by atoms with Gasteiger partial charge in [0, 0.05) is 17.9 Å². The van der Waals surface area contributed by atoms with Gasteiger partial charge in [-0.25, -0.2) is 4.98 Å². The van der Waals surface area contributed by atoms with Crippen LogP contribution in [-0.4, -0.2) is 67.1 Å². The van der Waals surface area contributed by atoms with Crippen molar-refractivity contribution >= 4 is 62.7 Å². The summed E-state index contributed by atoms with van der Waals surface area (Å²) in [5.74, 6) is -0.194. The summed E-state index contributed by atoms with van der Waals surface area (Å²) in [5, 5.41) is 19.9. The third-order valence-electron chi connectivity index (χ3n) is 8.41. The Morgan fingerprint density at radius 2 is 1.88 bits per heavy atom. The van der Waals surface area contributed by atoms with E-state index in [1.54, 1.807) is 13.0 Å². The van der Waals surface area contributed by atoms with E-state index < -0.39 is 17.6 Å². The fourth-order valence-electron chi connectivity index (χ4n) is 5.44. The van der Waals surface area contributed by atoms with Gasteiger partial charge in [0.05, 0.1) is 30.5 Å². The van der Waals surface area contributed by atoms with Gasteiger partial charge in [-0.1, -0.05) is 94.6 Å². The van der Waals surface area contributed by atoms with Gasteiger partial charge in [-0.05, 0) is 36.8 Å². The molecule has 2 aromatic rings. The number of nitrogens with zero attached hydrogens (tertiary/aromatic N) is 2. The van der Waals surface area contributed by atoms with Crippen LogP contribution in [0.1, 0.15) is 95.3 Å². The monoisotopic (exact) mass is 727 g/mol. The van der Waals surface area contributed by atoms with Crippen molar-refractivity contribution in [2.24, 2.45) is 10.9 Å². The van der Waals surface area contributed by atoms with Gasteiger partial charge in [-0.2, -0.15) is 0 Å². The zero-order valence-corrected chi connectivity index (χ0v) is 31.3. The molecule has 0 spiro atoms. The normalized spacial score (nSPS) is 21.8. The molecule has 1 aromatic heterocycles. The number of aromatic nitrogens is 1. The van der Waals surface area contributed by atoms with E-state index in [-0.39, 0.29) is 48.3 Å². The summed E-state index contributed by atoms with van der Waals surface area (Å²) in [4.78, 5) is 63.4. The van der Waals surface area contributed by atoms with E-state index in [9.17, 15) is 24.3 Å². The first-order chi connectivity index (χ1) is 23.5. The highest BCUT2D eigenvalue weighted by Gasteiger charge is 2.42. The molecule has 4 rings (SSSR count). The number of carbonyl (C=O) groups excluding carboxylic acids is 4. The van der Waals surface area contributed by atoms with E-state index in [4.69, 9.17) is 9.98 Å². The molecule has 4 bridgehead atoms. The number of hydrogen-bond donors (Lipinski definition) is 4. The number of hydrogen-bond acceptors (Lipinski definition) is 10. The zero-order valence-electron chi connectivity index (χ0n) is 28.9. The minimum absolute atomic E-state index is 0.00117. The third-order valence-corrected chi connectivity index (χ3v) is 11.7. The van der Waals surface area contributed by atoms with Gasteiger partial charge in [-0.3, -0.25) is 24.2 Å². The molecule has 266 valence electrons. The minimum atomic E-state index is -1.11. The number of allylic oxidation sites excluding steroid dienone is 1. The summed E-state index contributed by atoms with van der Waals surface area (Å²) in [6.45, 7) is 7.80. The second-order valence-corrected chi connectivity index (χ2v) is 16.2. The maximum Gasteiger partial charge on any atom is 0.249 e. The van der Waals surface area contributed by atoms with Crippen LogP contribution in [0.15, 0.2) is 41.4 Å². The van der Waals surface area contributed by atoms with Gasteiger partial charge in [0.15, 0.2) is 5.12 Å². The van der Waals surface area contributed by atoms with Crippen LogP contribution in [-0.2, 0) is 32.3 Å². The highest BCUT2D eigenvalue weighted by atomic mass is 32.2. The first kappa shape index (κ1) is 38.8. The Hall–Kier alpha value is -3.00. The lowest BCUT2D eigenvalue weighted by atomic mass is 9.99. The lowest BCUT2D eigenvalue weighted by Gasteiger charge is -2.27. The number of carbonyl (C=O) groups is 4. The Morgan fingerprint density at radius 3 is 2.59 bits per heavy atom. The maximum absolute atomic E-state index is 13.7. The van der Waals surface area contributed by atoms with E-state index >= 15 is 0 Å².